The molecule has 1 aliphatic rings. The van der Waals surface area contributed by atoms with Gasteiger partial charge in [0.25, 0.3) is 0 Å². The molecule has 1 aromatic rings. The first kappa shape index (κ1) is 14.5. The van der Waals surface area contributed by atoms with E-state index in [1.165, 1.54) is 5.06 Å². The molecule has 1 fully saturated rings. The Labute approximate surface area is 118 Å². The van der Waals surface area contributed by atoms with Crippen LogP contribution in [-0.2, 0) is 14.4 Å². The molecule has 0 radical (unpaired) electrons. The first-order valence-corrected chi connectivity index (χ1v) is 6.82. The smallest absolute Gasteiger partial charge is 0.357 e. The fourth-order valence-corrected chi connectivity index (χ4v) is 2.29. The van der Waals surface area contributed by atoms with Crippen LogP contribution in [0.1, 0.15) is 30.6 Å². The summed E-state index contributed by atoms with van der Waals surface area (Å²) in [5.41, 5.74) is 0.467. The van der Waals surface area contributed by atoms with Gasteiger partial charge in [0.05, 0.1) is 12.2 Å². The molecule has 0 bridgehead atoms. The highest BCUT2D eigenvalue weighted by Crippen LogP contribution is 2.24. The SMILES string of the molecule is CCOC(=O)C1CC(C)CN1OC(=O)c1ccccc1. The van der Waals surface area contributed by atoms with Crippen molar-refractivity contribution < 1.29 is 19.2 Å². The molecule has 2 atom stereocenters. The molecule has 0 aromatic heterocycles. The second kappa shape index (κ2) is 6.52. The Bertz CT molecular complexity index is 474. The van der Waals surface area contributed by atoms with Crippen molar-refractivity contribution in [3.8, 4) is 0 Å². The second-order valence-electron chi connectivity index (χ2n) is 4.95. The van der Waals surface area contributed by atoms with Gasteiger partial charge < -0.3 is 9.57 Å². The third kappa shape index (κ3) is 3.36. The first-order valence-electron chi connectivity index (χ1n) is 6.82. The van der Waals surface area contributed by atoms with Gasteiger partial charge in [-0.3, -0.25) is 4.79 Å². The highest BCUT2D eigenvalue weighted by Gasteiger charge is 2.38. The van der Waals surface area contributed by atoms with Gasteiger partial charge in [0.2, 0.25) is 0 Å². The lowest BCUT2D eigenvalue weighted by Crippen LogP contribution is -2.38. The van der Waals surface area contributed by atoms with E-state index in [0.717, 1.165) is 0 Å². The minimum Gasteiger partial charge on any atom is -0.465 e. The molecular weight excluding hydrogens is 258 g/mol. The van der Waals surface area contributed by atoms with E-state index in [1.54, 1.807) is 31.2 Å². The van der Waals surface area contributed by atoms with Gasteiger partial charge in [0.1, 0.15) is 6.04 Å². The molecule has 1 saturated heterocycles. The number of carbonyl (C=O) groups is 2. The van der Waals surface area contributed by atoms with E-state index in [-0.39, 0.29) is 11.9 Å². The van der Waals surface area contributed by atoms with Crippen molar-refractivity contribution in [2.24, 2.45) is 5.92 Å². The van der Waals surface area contributed by atoms with Gasteiger partial charge in [-0.15, -0.1) is 5.06 Å². The summed E-state index contributed by atoms with van der Waals surface area (Å²) in [5, 5.41) is 1.44. The maximum absolute atomic E-state index is 12.0. The van der Waals surface area contributed by atoms with Crippen LogP contribution in [0.3, 0.4) is 0 Å². The van der Waals surface area contributed by atoms with Gasteiger partial charge in [0.15, 0.2) is 0 Å². The number of hydrogen-bond acceptors (Lipinski definition) is 5. The summed E-state index contributed by atoms with van der Waals surface area (Å²) in [5.74, 6) is -0.500. The fraction of sp³-hybridized carbons (Fsp3) is 0.467. The van der Waals surface area contributed by atoms with Crippen LogP contribution in [-0.4, -0.2) is 36.2 Å². The predicted molar refractivity (Wildman–Crippen MR) is 72.8 cm³/mol. The Kier molecular flexibility index (Phi) is 4.74. The zero-order valence-corrected chi connectivity index (χ0v) is 11.7. The standard InChI is InChI=1S/C15H19NO4/c1-3-19-15(18)13-9-11(2)10-16(13)20-14(17)12-7-5-4-6-8-12/h4-8,11,13H,3,9-10H2,1-2H3. The summed E-state index contributed by atoms with van der Waals surface area (Å²) in [6, 6.07) is 8.23. The zero-order chi connectivity index (χ0) is 14.5. The fourth-order valence-electron chi connectivity index (χ4n) is 2.29. The lowest BCUT2D eigenvalue weighted by Gasteiger charge is -2.21. The molecule has 0 saturated carbocycles. The number of rotatable bonds is 4. The molecule has 0 aliphatic carbocycles. The molecule has 0 N–H and O–H groups in total. The van der Waals surface area contributed by atoms with Gasteiger partial charge in [-0.2, -0.15) is 0 Å². The monoisotopic (exact) mass is 277 g/mol. The molecule has 1 aliphatic heterocycles. The van der Waals surface area contributed by atoms with Gasteiger partial charge in [-0.05, 0) is 31.4 Å². The van der Waals surface area contributed by atoms with Gasteiger partial charge in [-0.25, -0.2) is 4.79 Å². The number of hydrogen-bond donors (Lipinski definition) is 0. The number of esters is 1. The first-order chi connectivity index (χ1) is 9.61. The lowest BCUT2D eigenvalue weighted by atomic mass is 10.1. The minimum absolute atomic E-state index is 0.285. The molecule has 108 valence electrons. The number of nitrogens with zero attached hydrogens (tertiary/aromatic N) is 1. The van der Waals surface area contributed by atoms with Crippen molar-refractivity contribution >= 4 is 11.9 Å². The molecule has 0 spiro atoms. The van der Waals surface area contributed by atoms with Gasteiger partial charge in [0, 0.05) is 6.54 Å². The van der Waals surface area contributed by atoms with Crippen LogP contribution in [0.15, 0.2) is 30.3 Å². The highest BCUT2D eigenvalue weighted by molar-refractivity contribution is 5.89. The summed E-state index contributed by atoms with van der Waals surface area (Å²) in [6.45, 7) is 4.64. The van der Waals surface area contributed by atoms with Crippen LogP contribution in [0.25, 0.3) is 0 Å². The van der Waals surface area contributed by atoms with Crippen molar-refractivity contribution in [1.82, 2.24) is 5.06 Å². The minimum atomic E-state index is -0.502. The molecule has 1 heterocycles. The van der Waals surface area contributed by atoms with Crippen LogP contribution < -0.4 is 0 Å². The van der Waals surface area contributed by atoms with Crippen LogP contribution >= 0.6 is 0 Å². The molecule has 20 heavy (non-hydrogen) atoms. The van der Waals surface area contributed by atoms with Crippen molar-refractivity contribution in [1.29, 1.82) is 0 Å². The topological polar surface area (TPSA) is 55.8 Å². The third-order valence-electron chi connectivity index (χ3n) is 3.23. The largest absolute Gasteiger partial charge is 0.465 e. The van der Waals surface area contributed by atoms with E-state index in [4.69, 9.17) is 9.57 Å². The number of hydroxylamine groups is 2. The molecular formula is C15H19NO4. The number of benzene rings is 1. The Balaban J connectivity index is 2.03. The van der Waals surface area contributed by atoms with Gasteiger partial charge in [-0.1, -0.05) is 25.1 Å². The Morgan fingerprint density at radius 3 is 2.65 bits per heavy atom. The van der Waals surface area contributed by atoms with E-state index < -0.39 is 12.0 Å². The van der Waals surface area contributed by atoms with E-state index in [1.807, 2.05) is 13.0 Å². The van der Waals surface area contributed by atoms with Crippen molar-refractivity contribution in [2.75, 3.05) is 13.2 Å². The maximum atomic E-state index is 12.0. The van der Waals surface area contributed by atoms with Crippen LogP contribution in [0.4, 0.5) is 0 Å². The predicted octanol–water partition coefficient (Wildman–Crippen LogP) is 2.03. The van der Waals surface area contributed by atoms with E-state index in [9.17, 15) is 9.59 Å². The Hall–Kier alpha value is -1.88. The average Bonchev–Trinajstić information content (AvgIpc) is 2.81. The van der Waals surface area contributed by atoms with Crippen molar-refractivity contribution in [3.05, 3.63) is 35.9 Å². The Morgan fingerprint density at radius 2 is 2.00 bits per heavy atom. The van der Waals surface area contributed by atoms with E-state index >= 15 is 0 Å². The van der Waals surface area contributed by atoms with Crippen LogP contribution in [0.2, 0.25) is 0 Å². The summed E-state index contributed by atoms with van der Waals surface area (Å²) in [4.78, 5) is 29.2. The van der Waals surface area contributed by atoms with Gasteiger partial charge >= 0.3 is 11.9 Å². The van der Waals surface area contributed by atoms with Crippen molar-refractivity contribution in [2.45, 2.75) is 26.3 Å². The number of carbonyl (C=O) groups excluding carboxylic acids is 2. The molecule has 2 rings (SSSR count). The number of ether oxygens (including phenoxy) is 1. The van der Waals surface area contributed by atoms with E-state index in [2.05, 4.69) is 0 Å². The molecule has 5 nitrogen and oxygen atoms in total. The molecule has 5 heteroatoms. The maximum Gasteiger partial charge on any atom is 0.357 e. The van der Waals surface area contributed by atoms with Crippen LogP contribution in [0.5, 0.6) is 0 Å². The second-order valence-corrected chi connectivity index (χ2v) is 4.95. The summed E-state index contributed by atoms with van der Waals surface area (Å²) < 4.78 is 5.02. The van der Waals surface area contributed by atoms with Crippen LogP contribution in [0, 0.1) is 5.92 Å². The lowest BCUT2D eigenvalue weighted by molar-refractivity contribution is -0.168. The Morgan fingerprint density at radius 1 is 1.30 bits per heavy atom. The highest BCUT2D eigenvalue weighted by atomic mass is 16.7. The zero-order valence-electron chi connectivity index (χ0n) is 11.7. The van der Waals surface area contributed by atoms with E-state index in [0.29, 0.717) is 25.1 Å². The summed E-state index contributed by atoms with van der Waals surface area (Å²) in [7, 11) is 0. The summed E-state index contributed by atoms with van der Waals surface area (Å²) >= 11 is 0. The molecule has 1 aromatic carbocycles. The third-order valence-corrected chi connectivity index (χ3v) is 3.23. The quantitative estimate of drug-likeness (QED) is 0.788. The summed E-state index contributed by atoms with van der Waals surface area (Å²) in [6.07, 6.45) is 0.640. The normalized spacial score (nSPS) is 22.5. The van der Waals surface area contributed by atoms with Crippen molar-refractivity contribution in [3.63, 3.8) is 0 Å². The molecule has 0 amide bonds. The average molecular weight is 277 g/mol. The molecule has 2 unspecified atom stereocenters.